The number of aromatic amines is 1. The van der Waals surface area contributed by atoms with Crippen molar-refractivity contribution in [3.63, 3.8) is 0 Å². The molecule has 4 aromatic rings. The Morgan fingerprint density at radius 3 is 2.27 bits per heavy atom. The summed E-state index contributed by atoms with van der Waals surface area (Å²) < 4.78 is 0. The van der Waals surface area contributed by atoms with Crippen LogP contribution in [0, 0.1) is 6.92 Å². The van der Waals surface area contributed by atoms with Gasteiger partial charge in [-0.1, -0.05) is 30.3 Å². The molecule has 0 radical (unpaired) electrons. The third-order valence-electron chi connectivity index (χ3n) is 4.35. The highest BCUT2D eigenvalue weighted by Gasteiger charge is 2.10. The van der Waals surface area contributed by atoms with Gasteiger partial charge in [-0.05, 0) is 47.9 Å². The van der Waals surface area contributed by atoms with Crippen LogP contribution in [-0.2, 0) is 0 Å². The Labute approximate surface area is 149 Å². The number of nitrogens with one attached hydrogen (secondary N) is 1. The Kier molecular flexibility index (Phi) is 3.69. The number of aromatic hydroxyl groups is 2. The van der Waals surface area contributed by atoms with E-state index in [1.54, 1.807) is 6.07 Å². The molecule has 0 spiro atoms. The number of H-pyrrole nitrogens is 1. The Hall–Kier alpha value is -3.60. The molecule has 0 aliphatic heterocycles. The minimum atomic E-state index is -0.152. The molecule has 26 heavy (non-hydrogen) atoms. The molecule has 0 aliphatic carbocycles. The fraction of sp³-hybridized carbons (Fsp3) is 0.0476. The number of hydrogen-bond acceptors (Lipinski definition) is 4. The Morgan fingerprint density at radius 1 is 0.885 bits per heavy atom. The standard InChI is InChI=1S/C21H16N2O3/c1-12-8-16(11-24)20-17(9-12)22-21(23-20)14-4-2-13(3-5-14)15-6-7-18(25)19(26)10-15/h2-11,25-26H,1H3,(H,22,23). The highest BCUT2D eigenvalue weighted by atomic mass is 16.3. The smallest absolute Gasteiger partial charge is 0.158 e. The summed E-state index contributed by atoms with van der Waals surface area (Å²) in [6, 6.07) is 16.2. The molecule has 0 saturated carbocycles. The van der Waals surface area contributed by atoms with Crippen LogP contribution < -0.4 is 0 Å². The number of rotatable bonds is 3. The van der Waals surface area contributed by atoms with E-state index in [1.807, 2.05) is 43.3 Å². The predicted molar refractivity (Wildman–Crippen MR) is 100 cm³/mol. The number of imidazole rings is 1. The topological polar surface area (TPSA) is 86.2 Å². The zero-order valence-electron chi connectivity index (χ0n) is 14.0. The SMILES string of the molecule is Cc1cc(C=O)c2nc(-c3ccc(-c4ccc(O)c(O)c4)cc3)[nH]c2c1. The van der Waals surface area contributed by atoms with Gasteiger partial charge in [-0.3, -0.25) is 4.79 Å². The lowest BCUT2D eigenvalue weighted by atomic mass is 10.0. The summed E-state index contributed by atoms with van der Waals surface area (Å²) in [5.74, 6) is 0.392. The van der Waals surface area contributed by atoms with Gasteiger partial charge in [0.1, 0.15) is 5.82 Å². The van der Waals surface area contributed by atoms with Crippen molar-refractivity contribution in [2.24, 2.45) is 0 Å². The first-order chi connectivity index (χ1) is 12.5. The second-order valence-corrected chi connectivity index (χ2v) is 6.23. The average molecular weight is 344 g/mol. The van der Waals surface area contributed by atoms with Crippen LogP contribution in [0.2, 0.25) is 0 Å². The van der Waals surface area contributed by atoms with Gasteiger partial charge in [-0.25, -0.2) is 4.98 Å². The number of aromatic nitrogens is 2. The van der Waals surface area contributed by atoms with E-state index in [-0.39, 0.29) is 11.5 Å². The number of benzene rings is 3. The monoisotopic (exact) mass is 344 g/mol. The summed E-state index contributed by atoms with van der Waals surface area (Å²) in [6.07, 6.45) is 0.820. The van der Waals surface area contributed by atoms with E-state index in [4.69, 9.17) is 0 Å². The number of fused-ring (bicyclic) bond motifs is 1. The van der Waals surface area contributed by atoms with Crippen molar-refractivity contribution in [3.8, 4) is 34.0 Å². The molecule has 4 rings (SSSR count). The molecule has 5 nitrogen and oxygen atoms in total. The van der Waals surface area contributed by atoms with Crippen LogP contribution in [-0.4, -0.2) is 26.5 Å². The van der Waals surface area contributed by atoms with Crippen LogP contribution in [0.15, 0.2) is 54.6 Å². The number of nitrogens with zero attached hydrogens (tertiary/aromatic N) is 1. The summed E-state index contributed by atoms with van der Waals surface area (Å²) in [6.45, 7) is 1.94. The van der Waals surface area contributed by atoms with Gasteiger partial charge in [-0.2, -0.15) is 0 Å². The van der Waals surface area contributed by atoms with Crippen LogP contribution in [0.25, 0.3) is 33.5 Å². The quantitative estimate of drug-likeness (QED) is 0.379. The van der Waals surface area contributed by atoms with Gasteiger partial charge in [0.05, 0.1) is 11.0 Å². The van der Waals surface area contributed by atoms with Gasteiger partial charge >= 0.3 is 0 Å². The number of phenols is 2. The molecule has 0 saturated heterocycles. The molecule has 0 atom stereocenters. The second-order valence-electron chi connectivity index (χ2n) is 6.23. The maximum absolute atomic E-state index is 11.3. The van der Waals surface area contributed by atoms with Gasteiger partial charge in [0.25, 0.3) is 0 Å². The van der Waals surface area contributed by atoms with Crippen molar-refractivity contribution in [1.29, 1.82) is 0 Å². The molecule has 0 aliphatic rings. The van der Waals surface area contributed by atoms with Crippen molar-refractivity contribution >= 4 is 17.3 Å². The van der Waals surface area contributed by atoms with Crippen LogP contribution in [0.1, 0.15) is 15.9 Å². The van der Waals surface area contributed by atoms with E-state index >= 15 is 0 Å². The molecule has 1 aromatic heterocycles. The molecule has 5 heteroatoms. The Bertz CT molecular complexity index is 1130. The number of carbonyl (C=O) groups is 1. The summed E-state index contributed by atoms with van der Waals surface area (Å²) in [5.41, 5.74) is 5.65. The predicted octanol–water partition coefficient (Wildman–Crippen LogP) is 4.43. The lowest BCUT2D eigenvalue weighted by Crippen LogP contribution is -1.85. The second kappa shape index (κ2) is 6.04. The number of carbonyl (C=O) groups excluding carboxylic acids is 1. The van der Waals surface area contributed by atoms with Crippen molar-refractivity contribution in [2.45, 2.75) is 6.92 Å². The van der Waals surface area contributed by atoms with Gasteiger partial charge < -0.3 is 15.2 Å². The summed E-state index contributed by atoms with van der Waals surface area (Å²) >= 11 is 0. The molecule has 1 heterocycles. The first-order valence-corrected chi connectivity index (χ1v) is 8.13. The first kappa shape index (κ1) is 15.9. The fourth-order valence-electron chi connectivity index (χ4n) is 3.04. The molecule has 0 unspecified atom stereocenters. The van der Waals surface area contributed by atoms with Gasteiger partial charge in [0, 0.05) is 11.1 Å². The number of aryl methyl sites for hydroxylation is 1. The molecule has 0 bridgehead atoms. The fourth-order valence-corrected chi connectivity index (χ4v) is 3.04. The largest absolute Gasteiger partial charge is 0.504 e. The van der Waals surface area contributed by atoms with Crippen LogP contribution in [0.4, 0.5) is 0 Å². The Morgan fingerprint density at radius 2 is 1.58 bits per heavy atom. The summed E-state index contributed by atoms with van der Waals surface area (Å²) in [5, 5.41) is 19.1. The van der Waals surface area contributed by atoms with Crippen molar-refractivity contribution in [3.05, 3.63) is 65.7 Å². The molecular formula is C21H16N2O3. The molecule has 0 fully saturated rings. The minimum absolute atomic E-state index is 0.145. The average Bonchev–Trinajstić information content (AvgIpc) is 3.07. The Balaban J connectivity index is 1.74. The molecule has 3 aromatic carbocycles. The molecule has 0 amide bonds. The normalized spacial score (nSPS) is 11.0. The number of phenolic OH excluding ortho intramolecular Hbond substituents is 2. The van der Waals surface area contributed by atoms with Crippen LogP contribution in [0.3, 0.4) is 0 Å². The van der Waals surface area contributed by atoms with Gasteiger partial charge in [0.15, 0.2) is 17.8 Å². The van der Waals surface area contributed by atoms with E-state index in [2.05, 4.69) is 9.97 Å². The van der Waals surface area contributed by atoms with E-state index in [0.717, 1.165) is 34.1 Å². The zero-order valence-corrected chi connectivity index (χ0v) is 14.0. The lowest BCUT2D eigenvalue weighted by Gasteiger charge is -2.05. The molecule has 128 valence electrons. The maximum atomic E-state index is 11.3. The maximum Gasteiger partial charge on any atom is 0.158 e. The third-order valence-corrected chi connectivity index (χ3v) is 4.35. The van der Waals surface area contributed by atoms with Crippen LogP contribution in [0.5, 0.6) is 11.5 Å². The lowest BCUT2D eigenvalue weighted by molar-refractivity contribution is 0.112. The van der Waals surface area contributed by atoms with Crippen molar-refractivity contribution < 1.29 is 15.0 Å². The summed E-state index contributed by atoms with van der Waals surface area (Å²) in [7, 11) is 0. The molecular weight excluding hydrogens is 328 g/mol. The zero-order chi connectivity index (χ0) is 18.3. The van der Waals surface area contributed by atoms with E-state index in [0.29, 0.717) is 16.9 Å². The van der Waals surface area contributed by atoms with E-state index < -0.39 is 0 Å². The minimum Gasteiger partial charge on any atom is -0.504 e. The summed E-state index contributed by atoms with van der Waals surface area (Å²) in [4.78, 5) is 19.1. The first-order valence-electron chi connectivity index (χ1n) is 8.13. The van der Waals surface area contributed by atoms with Gasteiger partial charge in [0.2, 0.25) is 0 Å². The number of aldehydes is 1. The number of hydrogen-bond donors (Lipinski definition) is 3. The third kappa shape index (κ3) is 2.69. The van der Waals surface area contributed by atoms with E-state index in [9.17, 15) is 15.0 Å². The van der Waals surface area contributed by atoms with Crippen molar-refractivity contribution in [2.75, 3.05) is 0 Å². The van der Waals surface area contributed by atoms with Crippen molar-refractivity contribution in [1.82, 2.24) is 9.97 Å². The highest BCUT2D eigenvalue weighted by molar-refractivity contribution is 5.96. The van der Waals surface area contributed by atoms with Gasteiger partial charge in [-0.15, -0.1) is 0 Å². The highest BCUT2D eigenvalue weighted by Crippen LogP contribution is 2.31. The van der Waals surface area contributed by atoms with E-state index in [1.165, 1.54) is 12.1 Å². The molecule has 3 N–H and O–H groups in total. The van der Waals surface area contributed by atoms with Crippen LogP contribution >= 0.6 is 0 Å².